The number of halogens is 1. The summed E-state index contributed by atoms with van der Waals surface area (Å²) in [6, 6.07) is 9.63. The summed E-state index contributed by atoms with van der Waals surface area (Å²) >= 11 is 6.67. The first-order valence-corrected chi connectivity index (χ1v) is 13.2. The van der Waals surface area contributed by atoms with Crippen molar-refractivity contribution in [3.8, 4) is 11.1 Å². The number of fused-ring (bicyclic) bond motifs is 1. The maximum absolute atomic E-state index is 13.0. The van der Waals surface area contributed by atoms with Crippen molar-refractivity contribution in [1.29, 1.82) is 0 Å². The summed E-state index contributed by atoms with van der Waals surface area (Å²) < 4.78 is 0. The van der Waals surface area contributed by atoms with Gasteiger partial charge in [0.2, 0.25) is 0 Å². The van der Waals surface area contributed by atoms with Crippen molar-refractivity contribution in [1.82, 2.24) is 24.8 Å². The molecule has 2 atom stereocenters. The summed E-state index contributed by atoms with van der Waals surface area (Å²) in [6.07, 6.45) is 10.3. The second-order valence-electron chi connectivity index (χ2n) is 10.4. The van der Waals surface area contributed by atoms with Crippen LogP contribution in [0.15, 0.2) is 61.3 Å². The molecule has 1 aliphatic rings. The summed E-state index contributed by atoms with van der Waals surface area (Å²) in [7, 11) is 0. The summed E-state index contributed by atoms with van der Waals surface area (Å²) in [4.78, 5) is 32.2. The number of anilines is 1. The molecule has 1 unspecified atom stereocenters. The zero-order chi connectivity index (χ0) is 26.9. The number of piperidine rings is 1. The quantitative estimate of drug-likeness (QED) is 0.347. The molecule has 1 fully saturated rings. The second kappa shape index (κ2) is 10.6. The van der Waals surface area contributed by atoms with Crippen LogP contribution < -0.4 is 5.32 Å². The first-order chi connectivity index (χ1) is 18.2. The van der Waals surface area contributed by atoms with Crippen LogP contribution in [0.5, 0.6) is 0 Å². The number of carbonyl (C=O) groups is 1. The number of aromatic nitrogens is 4. The molecule has 2 N–H and O–H groups in total. The Kier molecular flexibility index (Phi) is 7.27. The van der Waals surface area contributed by atoms with Crippen LogP contribution in [-0.4, -0.2) is 55.0 Å². The summed E-state index contributed by atoms with van der Waals surface area (Å²) in [5.74, 6) is 0.644. The third kappa shape index (κ3) is 5.47. The highest BCUT2D eigenvalue weighted by atomic mass is 35.5. The van der Waals surface area contributed by atoms with Crippen molar-refractivity contribution in [2.45, 2.75) is 45.3 Å². The Balaban J connectivity index is 1.38. The van der Waals surface area contributed by atoms with Crippen LogP contribution in [0.3, 0.4) is 0 Å². The number of nitrogens with zero attached hydrogens (tertiary/aromatic N) is 5. The molecular formula is C29H31ClN6O2. The number of hydrogen-bond acceptors (Lipinski definition) is 7. The smallest absolute Gasteiger partial charge is 0.255 e. The number of rotatable bonds is 6. The van der Waals surface area contributed by atoms with Crippen LogP contribution in [0.2, 0.25) is 5.02 Å². The molecule has 0 spiro atoms. The molecule has 0 aliphatic carbocycles. The molecule has 4 aromatic rings. The van der Waals surface area contributed by atoms with Gasteiger partial charge in [0.1, 0.15) is 5.60 Å². The molecule has 1 aliphatic heterocycles. The number of carbonyl (C=O) groups excluding carboxylic acids is 1. The topological polar surface area (TPSA) is 104 Å². The maximum atomic E-state index is 13.0. The van der Waals surface area contributed by atoms with E-state index in [4.69, 9.17) is 11.6 Å². The number of amides is 1. The molecule has 9 heteroatoms. The number of hydrogen-bond donors (Lipinski definition) is 2. The molecule has 1 saturated heterocycles. The lowest BCUT2D eigenvalue weighted by Gasteiger charge is -2.36. The van der Waals surface area contributed by atoms with Crippen LogP contribution in [0.25, 0.3) is 22.0 Å². The van der Waals surface area contributed by atoms with Gasteiger partial charge >= 0.3 is 0 Å². The Morgan fingerprint density at radius 3 is 2.63 bits per heavy atom. The Hall–Kier alpha value is -3.62. The molecule has 8 nitrogen and oxygen atoms in total. The predicted octanol–water partition coefficient (Wildman–Crippen LogP) is 5.32. The summed E-state index contributed by atoms with van der Waals surface area (Å²) in [6.45, 7) is 6.86. The van der Waals surface area contributed by atoms with Crippen LogP contribution in [0.1, 0.15) is 49.8 Å². The molecule has 0 bridgehead atoms. The number of aliphatic hydroxyl groups is 1. The fraction of sp³-hybridized carbons (Fsp3) is 0.345. The van der Waals surface area contributed by atoms with Gasteiger partial charge in [0.25, 0.3) is 5.91 Å². The van der Waals surface area contributed by atoms with Crippen LogP contribution >= 0.6 is 11.6 Å². The van der Waals surface area contributed by atoms with Crippen LogP contribution in [0, 0.1) is 5.92 Å². The van der Waals surface area contributed by atoms with E-state index in [9.17, 15) is 9.90 Å². The van der Waals surface area contributed by atoms with Crippen molar-refractivity contribution >= 4 is 34.1 Å². The number of pyridine rings is 2. The standard InChI is InChI=1S/C29H31ClN6O2/c1-18(21-7-5-11-36(17-21)27(37)20-6-4-10-31-13-20)35-26-23-12-19(8-9-25(23)32-16-24(26)30)22-14-33-28(34-15-22)29(2,3)38/h4,6,8-10,12-16,18,21,38H,5,7,11,17H2,1-3H3,(H,32,35)/t18-,21?/m0/s1. The summed E-state index contributed by atoms with van der Waals surface area (Å²) in [5, 5.41) is 15.2. The van der Waals surface area contributed by atoms with E-state index in [1.165, 1.54) is 0 Å². The number of nitrogens with one attached hydrogen (secondary N) is 1. The van der Waals surface area contributed by atoms with E-state index in [-0.39, 0.29) is 17.9 Å². The van der Waals surface area contributed by atoms with E-state index in [1.807, 2.05) is 29.2 Å². The highest BCUT2D eigenvalue weighted by Crippen LogP contribution is 2.35. The lowest BCUT2D eigenvalue weighted by Crippen LogP contribution is -2.44. The van der Waals surface area contributed by atoms with Crippen molar-refractivity contribution < 1.29 is 9.90 Å². The van der Waals surface area contributed by atoms with Gasteiger partial charge in [-0.05, 0) is 69.4 Å². The minimum absolute atomic E-state index is 0.0184. The van der Waals surface area contributed by atoms with Gasteiger partial charge in [-0.15, -0.1) is 0 Å². The highest BCUT2D eigenvalue weighted by molar-refractivity contribution is 6.34. The molecule has 5 rings (SSSR count). The zero-order valence-electron chi connectivity index (χ0n) is 21.7. The lowest BCUT2D eigenvalue weighted by atomic mass is 9.91. The van der Waals surface area contributed by atoms with Gasteiger partial charge in [0, 0.05) is 61.1 Å². The molecule has 0 saturated carbocycles. The Labute approximate surface area is 227 Å². The van der Waals surface area contributed by atoms with E-state index in [0.717, 1.165) is 47.1 Å². The minimum Gasteiger partial charge on any atom is -0.382 e. The largest absolute Gasteiger partial charge is 0.382 e. The Morgan fingerprint density at radius 1 is 1.13 bits per heavy atom. The molecule has 0 radical (unpaired) electrons. The number of likely N-dealkylation sites (tertiary alicyclic amines) is 1. The van der Waals surface area contributed by atoms with Crippen molar-refractivity contribution in [2.24, 2.45) is 5.92 Å². The normalized spacial score (nSPS) is 16.9. The molecule has 3 aromatic heterocycles. The third-order valence-electron chi connectivity index (χ3n) is 7.09. The first kappa shape index (κ1) is 26.0. The maximum Gasteiger partial charge on any atom is 0.255 e. The van der Waals surface area contributed by atoms with E-state index in [2.05, 4.69) is 32.2 Å². The first-order valence-electron chi connectivity index (χ1n) is 12.8. The van der Waals surface area contributed by atoms with Gasteiger partial charge in [-0.3, -0.25) is 14.8 Å². The van der Waals surface area contributed by atoms with Crippen LogP contribution in [-0.2, 0) is 5.60 Å². The van der Waals surface area contributed by atoms with Gasteiger partial charge in [0.05, 0.1) is 21.8 Å². The average Bonchev–Trinajstić information content (AvgIpc) is 2.94. The SMILES string of the molecule is C[C@H](Nc1c(Cl)cnc2ccc(-c3cnc(C(C)(C)O)nc3)cc12)C1CCCN(C(=O)c2cccnc2)C1. The minimum atomic E-state index is -1.11. The second-order valence-corrected chi connectivity index (χ2v) is 10.8. The van der Waals surface area contributed by atoms with E-state index in [0.29, 0.717) is 23.0 Å². The van der Waals surface area contributed by atoms with Crippen molar-refractivity contribution in [3.63, 3.8) is 0 Å². The zero-order valence-corrected chi connectivity index (χ0v) is 22.5. The van der Waals surface area contributed by atoms with Gasteiger partial charge in [-0.1, -0.05) is 17.7 Å². The fourth-order valence-electron chi connectivity index (χ4n) is 4.91. The Morgan fingerprint density at radius 2 is 1.92 bits per heavy atom. The molecular weight excluding hydrogens is 500 g/mol. The third-order valence-corrected chi connectivity index (χ3v) is 7.37. The monoisotopic (exact) mass is 530 g/mol. The number of benzene rings is 1. The molecule has 1 amide bonds. The average molecular weight is 531 g/mol. The molecule has 4 heterocycles. The van der Waals surface area contributed by atoms with Gasteiger partial charge in [-0.25, -0.2) is 9.97 Å². The van der Waals surface area contributed by atoms with Gasteiger partial charge < -0.3 is 15.3 Å². The molecule has 1 aromatic carbocycles. The Bertz CT molecular complexity index is 1440. The van der Waals surface area contributed by atoms with Gasteiger partial charge in [-0.2, -0.15) is 0 Å². The van der Waals surface area contributed by atoms with E-state index in [1.54, 1.807) is 50.9 Å². The van der Waals surface area contributed by atoms with Gasteiger partial charge in [0.15, 0.2) is 5.82 Å². The van der Waals surface area contributed by atoms with E-state index < -0.39 is 5.60 Å². The predicted molar refractivity (Wildman–Crippen MR) is 149 cm³/mol. The van der Waals surface area contributed by atoms with E-state index >= 15 is 0 Å². The molecule has 196 valence electrons. The van der Waals surface area contributed by atoms with Crippen LogP contribution in [0.4, 0.5) is 5.69 Å². The van der Waals surface area contributed by atoms with Crippen molar-refractivity contribution in [2.75, 3.05) is 18.4 Å². The highest BCUT2D eigenvalue weighted by Gasteiger charge is 2.29. The van der Waals surface area contributed by atoms with Crippen molar-refractivity contribution in [3.05, 3.63) is 77.7 Å². The lowest BCUT2D eigenvalue weighted by molar-refractivity contribution is 0.0663. The fourth-order valence-corrected chi connectivity index (χ4v) is 5.11. The summed E-state index contributed by atoms with van der Waals surface area (Å²) in [5.41, 5.74) is 2.89. The molecule has 38 heavy (non-hydrogen) atoms.